The van der Waals surface area contributed by atoms with Crippen LogP contribution in [0.1, 0.15) is 5.56 Å². The second kappa shape index (κ2) is 4.10. The number of hydrogen-bond acceptors (Lipinski definition) is 2. The number of hydrogen-bond donors (Lipinski definition) is 0. The van der Waals surface area contributed by atoms with Gasteiger partial charge in [-0.2, -0.15) is 0 Å². The third-order valence-electron chi connectivity index (χ3n) is 2.79. The van der Waals surface area contributed by atoms with E-state index < -0.39 is 0 Å². The second-order valence-corrected chi connectivity index (χ2v) is 4.02. The predicted octanol–water partition coefficient (Wildman–Crippen LogP) is 1.68. The molecule has 2 aromatic heterocycles. The Kier molecular flexibility index (Phi) is 2.44. The van der Waals surface area contributed by atoms with Crippen molar-refractivity contribution in [2.45, 2.75) is 6.54 Å². The highest BCUT2D eigenvalue weighted by Crippen LogP contribution is 2.04. The molecule has 0 spiro atoms. The smallest absolute Gasteiger partial charge is 0.294 e. The van der Waals surface area contributed by atoms with Crippen molar-refractivity contribution in [1.29, 1.82) is 0 Å². The standard InChI is InChI=1S/C13H10FN3O/c14-11-3-1-10(2-4-11)9-17-8-7-16-6-5-15-12(16)13(17)18/h1-8H,9H2. The number of rotatable bonds is 2. The van der Waals surface area contributed by atoms with Crippen LogP contribution in [0.4, 0.5) is 4.39 Å². The topological polar surface area (TPSA) is 39.3 Å². The summed E-state index contributed by atoms with van der Waals surface area (Å²) in [5.74, 6) is -0.283. The fourth-order valence-electron chi connectivity index (χ4n) is 1.86. The molecule has 5 heteroatoms. The van der Waals surface area contributed by atoms with Crippen LogP contribution >= 0.6 is 0 Å². The van der Waals surface area contributed by atoms with E-state index in [2.05, 4.69) is 4.98 Å². The van der Waals surface area contributed by atoms with Crippen molar-refractivity contribution in [1.82, 2.24) is 14.0 Å². The molecule has 18 heavy (non-hydrogen) atoms. The monoisotopic (exact) mass is 243 g/mol. The van der Waals surface area contributed by atoms with Gasteiger partial charge in [-0.05, 0) is 17.7 Å². The van der Waals surface area contributed by atoms with E-state index in [0.717, 1.165) is 5.56 Å². The number of halogens is 1. The van der Waals surface area contributed by atoms with E-state index in [1.165, 1.54) is 12.1 Å². The summed E-state index contributed by atoms with van der Waals surface area (Å²) in [4.78, 5) is 16.1. The van der Waals surface area contributed by atoms with Gasteiger partial charge in [-0.1, -0.05) is 12.1 Å². The Morgan fingerprint density at radius 3 is 2.67 bits per heavy atom. The SMILES string of the molecule is O=c1c2nccn2ccn1Cc1ccc(F)cc1. The third kappa shape index (κ3) is 1.79. The van der Waals surface area contributed by atoms with E-state index in [9.17, 15) is 9.18 Å². The maximum atomic E-state index is 12.8. The molecule has 0 radical (unpaired) electrons. The summed E-state index contributed by atoms with van der Waals surface area (Å²) >= 11 is 0. The molecule has 0 fully saturated rings. The van der Waals surface area contributed by atoms with Crippen molar-refractivity contribution in [3.8, 4) is 0 Å². The van der Waals surface area contributed by atoms with E-state index >= 15 is 0 Å². The summed E-state index contributed by atoms with van der Waals surface area (Å²) in [5, 5.41) is 0. The van der Waals surface area contributed by atoms with Crippen LogP contribution in [0.15, 0.2) is 53.8 Å². The Balaban J connectivity index is 2.02. The van der Waals surface area contributed by atoms with Gasteiger partial charge in [0.15, 0.2) is 0 Å². The average Bonchev–Trinajstić information content (AvgIpc) is 2.84. The van der Waals surface area contributed by atoms with Crippen LogP contribution in [0.5, 0.6) is 0 Å². The number of nitrogens with zero attached hydrogens (tertiary/aromatic N) is 3. The highest BCUT2D eigenvalue weighted by atomic mass is 19.1. The third-order valence-corrected chi connectivity index (χ3v) is 2.79. The molecule has 0 bridgehead atoms. The Morgan fingerprint density at radius 2 is 1.89 bits per heavy atom. The Labute approximate surface area is 102 Å². The lowest BCUT2D eigenvalue weighted by molar-refractivity contribution is 0.626. The molecular weight excluding hydrogens is 233 g/mol. The van der Waals surface area contributed by atoms with Gasteiger partial charge in [0.25, 0.3) is 5.56 Å². The van der Waals surface area contributed by atoms with Crippen LogP contribution in [0.2, 0.25) is 0 Å². The number of fused-ring (bicyclic) bond motifs is 1. The van der Waals surface area contributed by atoms with Crippen LogP contribution in [0, 0.1) is 5.82 Å². The average molecular weight is 243 g/mol. The van der Waals surface area contributed by atoms with Gasteiger partial charge in [-0.15, -0.1) is 0 Å². The molecule has 0 aliphatic carbocycles. The van der Waals surface area contributed by atoms with Crippen molar-refractivity contribution in [2.24, 2.45) is 0 Å². The summed E-state index contributed by atoms with van der Waals surface area (Å²) < 4.78 is 16.0. The van der Waals surface area contributed by atoms with Crippen molar-refractivity contribution < 1.29 is 4.39 Å². The molecule has 0 aliphatic rings. The molecule has 0 amide bonds. The minimum absolute atomic E-state index is 0.160. The normalized spacial score (nSPS) is 10.9. The first-order chi connectivity index (χ1) is 8.74. The zero-order chi connectivity index (χ0) is 12.5. The first-order valence-electron chi connectivity index (χ1n) is 5.50. The van der Waals surface area contributed by atoms with Gasteiger partial charge < -0.3 is 8.97 Å². The minimum Gasteiger partial charge on any atom is -0.306 e. The maximum Gasteiger partial charge on any atom is 0.294 e. The number of aromatic nitrogens is 3. The minimum atomic E-state index is -0.283. The van der Waals surface area contributed by atoms with Gasteiger partial charge in [0.2, 0.25) is 5.65 Å². The molecule has 4 nitrogen and oxygen atoms in total. The van der Waals surface area contributed by atoms with Gasteiger partial charge in [-0.25, -0.2) is 9.37 Å². The van der Waals surface area contributed by atoms with Crippen molar-refractivity contribution in [3.05, 3.63) is 70.8 Å². The Hall–Kier alpha value is -2.43. The van der Waals surface area contributed by atoms with Gasteiger partial charge in [0, 0.05) is 24.8 Å². The van der Waals surface area contributed by atoms with Gasteiger partial charge >= 0.3 is 0 Å². The van der Waals surface area contributed by atoms with Crippen molar-refractivity contribution in [2.75, 3.05) is 0 Å². The molecule has 0 atom stereocenters. The molecule has 1 aromatic carbocycles. The molecule has 3 aromatic rings. The molecular formula is C13H10FN3O. The zero-order valence-corrected chi connectivity index (χ0v) is 9.45. The quantitative estimate of drug-likeness (QED) is 0.687. The second-order valence-electron chi connectivity index (χ2n) is 4.02. The Bertz CT molecular complexity index is 743. The van der Waals surface area contributed by atoms with Crippen LogP contribution in [-0.2, 0) is 6.54 Å². The van der Waals surface area contributed by atoms with Crippen LogP contribution in [0.25, 0.3) is 5.65 Å². The van der Waals surface area contributed by atoms with Crippen LogP contribution < -0.4 is 5.56 Å². The van der Waals surface area contributed by atoms with E-state index in [1.54, 1.807) is 45.9 Å². The summed E-state index contributed by atoms with van der Waals surface area (Å²) in [6.07, 6.45) is 6.77. The first-order valence-corrected chi connectivity index (χ1v) is 5.50. The van der Waals surface area contributed by atoms with E-state index in [0.29, 0.717) is 12.2 Å². The molecule has 0 saturated carbocycles. The lowest BCUT2D eigenvalue weighted by Crippen LogP contribution is -2.22. The Morgan fingerprint density at radius 1 is 1.11 bits per heavy atom. The van der Waals surface area contributed by atoms with E-state index in [1.807, 2.05) is 0 Å². The predicted molar refractivity (Wildman–Crippen MR) is 65.0 cm³/mol. The molecule has 0 saturated heterocycles. The van der Waals surface area contributed by atoms with Crippen LogP contribution in [-0.4, -0.2) is 14.0 Å². The lowest BCUT2D eigenvalue weighted by atomic mass is 10.2. The molecule has 0 aliphatic heterocycles. The highest BCUT2D eigenvalue weighted by Gasteiger charge is 2.04. The van der Waals surface area contributed by atoms with Crippen molar-refractivity contribution >= 4 is 5.65 Å². The molecule has 0 unspecified atom stereocenters. The van der Waals surface area contributed by atoms with Gasteiger partial charge in [0.1, 0.15) is 5.82 Å². The number of imidazole rings is 1. The summed E-state index contributed by atoms with van der Waals surface area (Å²) in [6.45, 7) is 0.405. The summed E-state index contributed by atoms with van der Waals surface area (Å²) in [6, 6.07) is 6.10. The molecule has 3 rings (SSSR count). The van der Waals surface area contributed by atoms with Gasteiger partial charge in [-0.3, -0.25) is 4.79 Å². The summed E-state index contributed by atoms with van der Waals surface area (Å²) in [5.41, 5.74) is 1.10. The van der Waals surface area contributed by atoms with Crippen LogP contribution in [0.3, 0.4) is 0 Å². The maximum absolute atomic E-state index is 12.8. The molecule has 90 valence electrons. The summed E-state index contributed by atoms with van der Waals surface area (Å²) in [7, 11) is 0. The largest absolute Gasteiger partial charge is 0.306 e. The fraction of sp³-hybridized carbons (Fsp3) is 0.0769. The zero-order valence-electron chi connectivity index (χ0n) is 9.45. The molecule has 2 heterocycles. The van der Waals surface area contributed by atoms with E-state index in [-0.39, 0.29) is 11.4 Å². The highest BCUT2D eigenvalue weighted by molar-refractivity contribution is 5.34. The first kappa shape index (κ1) is 10.7. The molecule has 0 N–H and O–H groups in total. The lowest BCUT2D eigenvalue weighted by Gasteiger charge is -2.06. The van der Waals surface area contributed by atoms with Gasteiger partial charge in [0.05, 0.1) is 6.54 Å². The van der Waals surface area contributed by atoms with Crippen molar-refractivity contribution in [3.63, 3.8) is 0 Å². The fourth-order valence-corrected chi connectivity index (χ4v) is 1.86. The van der Waals surface area contributed by atoms with E-state index in [4.69, 9.17) is 0 Å². The number of benzene rings is 1.